The number of amides is 1. The molecule has 1 aromatic carbocycles. The monoisotopic (exact) mass is 340 g/mol. The van der Waals surface area contributed by atoms with Gasteiger partial charge in [-0.05, 0) is 32.9 Å². The highest BCUT2D eigenvalue weighted by Gasteiger charge is 2.33. The molecule has 8 heteroatoms. The lowest BCUT2D eigenvalue weighted by Crippen LogP contribution is -2.36. The summed E-state index contributed by atoms with van der Waals surface area (Å²) in [6.07, 6.45) is -0.953. The van der Waals surface area contributed by atoms with Gasteiger partial charge in [-0.25, -0.2) is 17.9 Å². The number of ketones is 1. The van der Waals surface area contributed by atoms with Crippen molar-refractivity contribution in [3.8, 4) is 0 Å². The SMILES string of the molecule is CC(=O)c1ccc(S(=O)(=O)NCC2CN(C(C)C)C(=O)O2)cc1. The minimum absolute atomic E-state index is 0.00299. The number of hydrogen-bond donors (Lipinski definition) is 1. The van der Waals surface area contributed by atoms with Crippen LogP contribution in [0.4, 0.5) is 4.79 Å². The molecule has 1 unspecified atom stereocenters. The summed E-state index contributed by atoms with van der Waals surface area (Å²) in [6, 6.07) is 5.68. The zero-order valence-electron chi connectivity index (χ0n) is 13.3. The first-order valence-electron chi connectivity index (χ1n) is 7.28. The summed E-state index contributed by atoms with van der Waals surface area (Å²) >= 11 is 0. The molecule has 1 fully saturated rings. The largest absolute Gasteiger partial charge is 0.443 e. The Labute approximate surface area is 135 Å². The maximum atomic E-state index is 12.2. The van der Waals surface area contributed by atoms with E-state index in [-0.39, 0.29) is 23.3 Å². The fraction of sp³-hybridized carbons (Fsp3) is 0.467. The van der Waals surface area contributed by atoms with Crippen LogP contribution in [-0.4, -0.2) is 50.4 Å². The van der Waals surface area contributed by atoms with Gasteiger partial charge in [0.1, 0.15) is 6.10 Å². The number of carbonyl (C=O) groups is 2. The van der Waals surface area contributed by atoms with Gasteiger partial charge < -0.3 is 9.64 Å². The summed E-state index contributed by atoms with van der Waals surface area (Å²) in [7, 11) is -3.72. The van der Waals surface area contributed by atoms with Crippen molar-refractivity contribution < 1.29 is 22.7 Å². The number of rotatable bonds is 6. The summed E-state index contributed by atoms with van der Waals surface area (Å²) < 4.78 is 32.0. The fourth-order valence-corrected chi connectivity index (χ4v) is 3.29. The van der Waals surface area contributed by atoms with Gasteiger partial charge in [0, 0.05) is 18.2 Å². The quantitative estimate of drug-likeness (QED) is 0.790. The van der Waals surface area contributed by atoms with E-state index in [0.717, 1.165) is 0 Å². The van der Waals surface area contributed by atoms with Gasteiger partial charge in [-0.15, -0.1) is 0 Å². The average molecular weight is 340 g/mol. The zero-order valence-corrected chi connectivity index (χ0v) is 14.1. The Balaban J connectivity index is 1.99. The summed E-state index contributed by atoms with van der Waals surface area (Å²) in [4.78, 5) is 24.4. The molecule has 1 aromatic rings. The molecule has 1 aliphatic heterocycles. The molecule has 1 atom stereocenters. The number of benzene rings is 1. The van der Waals surface area contributed by atoms with Crippen molar-refractivity contribution in [2.75, 3.05) is 13.1 Å². The Morgan fingerprint density at radius 2 is 1.96 bits per heavy atom. The number of nitrogens with zero attached hydrogens (tertiary/aromatic N) is 1. The normalized spacial score (nSPS) is 18.3. The lowest BCUT2D eigenvalue weighted by Gasteiger charge is -2.16. The molecule has 2 rings (SSSR count). The van der Waals surface area contributed by atoms with Gasteiger partial charge in [-0.2, -0.15) is 0 Å². The van der Waals surface area contributed by atoms with Crippen LogP contribution in [0.2, 0.25) is 0 Å². The molecule has 1 saturated heterocycles. The molecule has 0 aliphatic carbocycles. The van der Waals surface area contributed by atoms with E-state index in [1.54, 1.807) is 4.90 Å². The van der Waals surface area contributed by atoms with Crippen molar-refractivity contribution in [1.82, 2.24) is 9.62 Å². The molecule has 0 aromatic heterocycles. The highest BCUT2D eigenvalue weighted by molar-refractivity contribution is 7.89. The molecule has 0 radical (unpaired) electrons. The molecule has 0 spiro atoms. The average Bonchev–Trinajstić information content (AvgIpc) is 2.87. The Bertz CT molecular complexity index is 697. The van der Waals surface area contributed by atoms with Gasteiger partial charge in [-0.3, -0.25) is 4.79 Å². The van der Waals surface area contributed by atoms with Crippen molar-refractivity contribution in [3.63, 3.8) is 0 Å². The van der Waals surface area contributed by atoms with Crippen LogP contribution in [0.1, 0.15) is 31.1 Å². The Hall–Kier alpha value is -1.93. The van der Waals surface area contributed by atoms with Crippen LogP contribution < -0.4 is 4.72 Å². The zero-order chi connectivity index (χ0) is 17.2. The molecule has 1 amide bonds. The first-order valence-corrected chi connectivity index (χ1v) is 8.77. The number of cyclic esters (lactones) is 1. The molecule has 1 heterocycles. The first kappa shape index (κ1) is 17.4. The van der Waals surface area contributed by atoms with Crippen LogP contribution in [-0.2, 0) is 14.8 Å². The standard InChI is InChI=1S/C15H20N2O5S/c1-10(2)17-9-13(22-15(17)19)8-16-23(20,21)14-6-4-12(5-7-14)11(3)18/h4-7,10,13,16H,8-9H2,1-3H3. The molecule has 23 heavy (non-hydrogen) atoms. The summed E-state index contributed by atoms with van der Waals surface area (Å²) in [6.45, 7) is 5.50. The van der Waals surface area contributed by atoms with Crippen molar-refractivity contribution >= 4 is 21.9 Å². The molecule has 1 N–H and O–H groups in total. The molecular weight excluding hydrogens is 320 g/mol. The van der Waals surface area contributed by atoms with E-state index in [1.165, 1.54) is 31.2 Å². The molecule has 1 aliphatic rings. The van der Waals surface area contributed by atoms with Crippen LogP contribution in [0.15, 0.2) is 29.2 Å². The first-order chi connectivity index (χ1) is 10.7. The third kappa shape index (κ3) is 4.08. The van der Waals surface area contributed by atoms with Crippen LogP contribution >= 0.6 is 0 Å². The number of hydrogen-bond acceptors (Lipinski definition) is 5. The summed E-state index contributed by atoms with van der Waals surface area (Å²) in [5, 5.41) is 0. The van der Waals surface area contributed by atoms with E-state index in [1.807, 2.05) is 13.8 Å². The van der Waals surface area contributed by atoms with Crippen LogP contribution in [0.3, 0.4) is 0 Å². The summed E-state index contributed by atoms with van der Waals surface area (Å²) in [5.41, 5.74) is 0.446. The highest BCUT2D eigenvalue weighted by atomic mass is 32.2. The maximum absolute atomic E-state index is 12.2. The Morgan fingerprint density at radius 3 is 2.43 bits per heavy atom. The predicted octanol–water partition coefficient (Wildman–Crippen LogP) is 1.40. The number of carbonyl (C=O) groups excluding carboxylic acids is 2. The van der Waals surface area contributed by atoms with Crippen molar-refractivity contribution in [1.29, 1.82) is 0 Å². The molecule has 7 nitrogen and oxygen atoms in total. The van der Waals surface area contributed by atoms with E-state index in [0.29, 0.717) is 12.1 Å². The Kier molecular flexibility index (Phi) is 5.06. The lowest BCUT2D eigenvalue weighted by molar-refractivity contribution is 0.101. The second kappa shape index (κ2) is 6.67. The van der Waals surface area contributed by atoms with Gasteiger partial charge in [0.25, 0.3) is 0 Å². The molecular formula is C15H20N2O5S. The Morgan fingerprint density at radius 1 is 1.35 bits per heavy atom. The highest BCUT2D eigenvalue weighted by Crippen LogP contribution is 2.15. The second-order valence-electron chi connectivity index (χ2n) is 5.68. The van der Waals surface area contributed by atoms with E-state index in [4.69, 9.17) is 4.74 Å². The van der Waals surface area contributed by atoms with Crippen molar-refractivity contribution in [2.45, 2.75) is 37.8 Å². The van der Waals surface area contributed by atoms with Crippen LogP contribution in [0.5, 0.6) is 0 Å². The minimum Gasteiger partial charge on any atom is -0.443 e. The smallest absolute Gasteiger partial charge is 0.410 e. The topological polar surface area (TPSA) is 92.8 Å². The van der Waals surface area contributed by atoms with Gasteiger partial charge in [0.05, 0.1) is 11.4 Å². The fourth-order valence-electron chi connectivity index (χ4n) is 2.22. The maximum Gasteiger partial charge on any atom is 0.410 e. The predicted molar refractivity (Wildman–Crippen MR) is 83.7 cm³/mol. The molecule has 126 valence electrons. The lowest BCUT2D eigenvalue weighted by atomic mass is 10.2. The number of nitrogens with one attached hydrogen (secondary N) is 1. The van der Waals surface area contributed by atoms with Crippen LogP contribution in [0.25, 0.3) is 0 Å². The number of ether oxygens (including phenoxy) is 1. The van der Waals surface area contributed by atoms with E-state index in [2.05, 4.69) is 4.72 Å². The van der Waals surface area contributed by atoms with Gasteiger partial charge in [0.2, 0.25) is 10.0 Å². The number of Topliss-reactive ketones (excluding diaryl/α,β-unsaturated/α-hetero) is 1. The van der Waals surface area contributed by atoms with E-state index in [9.17, 15) is 18.0 Å². The molecule has 0 saturated carbocycles. The summed E-state index contributed by atoms with van der Waals surface area (Å²) in [5.74, 6) is -0.131. The van der Waals surface area contributed by atoms with E-state index < -0.39 is 22.2 Å². The van der Waals surface area contributed by atoms with Crippen molar-refractivity contribution in [2.24, 2.45) is 0 Å². The number of sulfonamides is 1. The van der Waals surface area contributed by atoms with Gasteiger partial charge >= 0.3 is 6.09 Å². The third-order valence-electron chi connectivity index (χ3n) is 3.60. The van der Waals surface area contributed by atoms with Crippen molar-refractivity contribution in [3.05, 3.63) is 29.8 Å². The van der Waals surface area contributed by atoms with E-state index >= 15 is 0 Å². The second-order valence-corrected chi connectivity index (χ2v) is 7.45. The van der Waals surface area contributed by atoms with Gasteiger partial charge in [0.15, 0.2) is 5.78 Å². The molecule has 0 bridgehead atoms. The van der Waals surface area contributed by atoms with Gasteiger partial charge in [-0.1, -0.05) is 12.1 Å². The van der Waals surface area contributed by atoms with Crippen LogP contribution in [0, 0.1) is 0 Å². The third-order valence-corrected chi connectivity index (χ3v) is 5.04. The minimum atomic E-state index is -3.72.